The number of thiophene rings is 1. The van der Waals surface area contributed by atoms with Gasteiger partial charge >= 0.3 is 0 Å². The van der Waals surface area contributed by atoms with Crippen LogP contribution < -0.4 is 5.73 Å². The van der Waals surface area contributed by atoms with Gasteiger partial charge in [-0.2, -0.15) is 4.98 Å². The Morgan fingerprint density at radius 3 is 2.62 bits per heavy atom. The van der Waals surface area contributed by atoms with Crippen LogP contribution in [0.15, 0.2) is 22.0 Å². The fraction of sp³-hybridized carbons (Fsp3) is 0.533. The maximum absolute atomic E-state index is 11.9. The first kappa shape index (κ1) is 18.9. The molecule has 0 saturated carbocycles. The molecule has 0 bridgehead atoms. The number of hydrogen-bond donors (Lipinski definition) is 1. The average molecular weight is 372 g/mol. The number of carbonyl (C=O) groups is 1. The number of nitrogens with two attached hydrogens (primary N) is 1. The molecule has 132 valence electrons. The minimum absolute atomic E-state index is 0. The Hall–Kier alpha value is -1.48. The van der Waals surface area contributed by atoms with Gasteiger partial charge in [0.1, 0.15) is 0 Å². The van der Waals surface area contributed by atoms with Crippen LogP contribution in [0.5, 0.6) is 0 Å². The number of amides is 1. The molecule has 2 atom stereocenters. The van der Waals surface area contributed by atoms with E-state index < -0.39 is 6.04 Å². The predicted molar refractivity (Wildman–Crippen MR) is 95.1 cm³/mol. The van der Waals surface area contributed by atoms with E-state index in [9.17, 15) is 4.79 Å². The molecule has 7 nitrogen and oxygen atoms in total. The van der Waals surface area contributed by atoms with Crippen molar-refractivity contribution in [1.82, 2.24) is 19.9 Å². The Balaban J connectivity index is 0.00000208. The van der Waals surface area contributed by atoms with Gasteiger partial charge in [0.2, 0.25) is 17.6 Å². The van der Waals surface area contributed by atoms with Crippen molar-refractivity contribution in [1.29, 1.82) is 0 Å². The van der Waals surface area contributed by atoms with E-state index in [4.69, 9.17) is 10.3 Å². The molecule has 1 fully saturated rings. The van der Waals surface area contributed by atoms with Crippen LogP contribution in [0, 0.1) is 0 Å². The topological polar surface area (TPSA) is 88.5 Å². The van der Waals surface area contributed by atoms with Crippen LogP contribution in [0.2, 0.25) is 0 Å². The molecule has 24 heavy (non-hydrogen) atoms. The number of carbonyl (C=O) groups excluding carboxylic acids is 1. The van der Waals surface area contributed by atoms with Gasteiger partial charge in [0, 0.05) is 26.2 Å². The number of piperazine rings is 1. The summed E-state index contributed by atoms with van der Waals surface area (Å²) in [4.78, 5) is 21.5. The minimum Gasteiger partial charge on any atom is -0.339 e. The van der Waals surface area contributed by atoms with Crippen molar-refractivity contribution in [3.05, 3.63) is 23.4 Å². The predicted octanol–water partition coefficient (Wildman–Crippen LogP) is 1.77. The van der Waals surface area contributed by atoms with Gasteiger partial charge in [-0.15, -0.1) is 23.7 Å². The summed E-state index contributed by atoms with van der Waals surface area (Å²) in [5.41, 5.74) is 5.66. The molecule has 1 aliphatic rings. The molecular weight excluding hydrogens is 350 g/mol. The highest BCUT2D eigenvalue weighted by Gasteiger charge is 2.28. The largest absolute Gasteiger partial charge is 0.339 e. The van der Waals surface area contributed by atoms with Gasteiger partial charge < -0.3 is 15.2 Å². The first-order chi connectivity index (χ1) is 11.1. The van der Waals surface area contributed by atoms with Gasteiger partial charge in [-0.25, -0.2) is 0 Å². The van der Waals surface area contributed by atoms with Crippen molar-refractivity contribution in [2.24, 2.45) is 5.73 Å². The highest BCUT2D eigenvalue weighted by atomic mass is 35.5. The lowest BCUT2D eigenvalue weighted by Crippen LogP contribution is -2.52. The third-order valence-corrected chi connectivity index (χ3v) is 4.97. The maximum Gasteiger partial charge on any atom is 0.244 e. The third kappa shape index (κ3) is 3.94. The normalized spacial score (nSPS) is 18.0. The summed E-state index contributed by atoms with van der Waals surface area (Å²) in [5, 5.41) is 6.05. The molecule has 2 aromatic rings. The van der Waals surface area contributed by atoms with E-state index in [2.05, 4.69) is 22.0 Å². The monoisotopic (exact) mass is 371 g/mol. The summed E-state index contributed by atoms with van der Waals surface area (Å²) >= 11 is 1.59. The highest BCUT2D eigenvalue weighted by Crippen LogP contribution is 2.25. The van der Waals surface area contributed by atoms with Crippen molar-refractivity contribution in [2.75, 3.05) is 26.2 Å². The summed E-state index contributed by atoms with van der Waals surface area (Å²) < 4.78 is 5.42. The van der Waals surface area contributed by atoms with E-state index in [1.807, 2.05) is 22.4 Å². The number of nitrogens with zero attached hydrogens (tertiary/aromatic N) is 4. The molecule has 2 unspecified atom stereocenters. The van der Waals surface area contributed by atoms with Crippen LogP contribution in [0.1, 0.15) is 25.8 Å². The molecule has 0 aliphatic carbocycles. The standard InChI is InChI=1S/C15H21N5O2S.ClH/c1-10(16)15(21)20-7-5-19(6-8-20)11(2)14-17-13(18-22-14)12-4-3-9-23-12;/h3-4,9-11H,5-8,16H2,1-2H3;1H. The van der Waals surface area contributed by atoms with Gasteiger partial charge in [-0.05, 0) is 25.3 Å². The van der Waals surface area contributed by atoms with Crippen LogP contribution in [0.3, 0.4) is 0 Å². The van der Waals surface area contributed by atoms with Gasteiger partial charge in [-0.1, -0.05) is 11.2 Å². The Bertz CT molecular complexity index is 653. The van der Waals surface area contributed by atoms with Crippen molar-refractivity contribution in [3.63, 3.8) is 0 Å². The summed E-state index contributed by atoms with van der Waals surface area (Å²) in [7, 11) is 0. The number of aromatic nitrogens is 2. The molecular formula is C15H22ClN5O2S. The van der Waals surface area contributed by atoms with E-state index >= 15 is 0 Å². The fourth-order valence-corrected chi connectivity index (χ4v) is 3.33. The van der Waals surface area contributed by atoms with Gasteiger partial charge in [0.05, 0.1) is 17.0 Å². The number of rotatable bonds is 4. The van der Waals surface area contributed by atoms with E-state index in [0.717, 1.165) is 18.0 Å². The quantitative estimate of drug-likeness (QED) is 0.881. The Kier molecular flexibility index (Phi) is 6.34. The zero-order chi connectivity index (χ0) is 16.4. The molecule has 0 aromatic carbocycles. The molecule has 3 heterocycles. The van der Waals surface area contributed by atoms with Gasteiger partial charge in [0.25, 0.3) is 0 Å². The van der Waals surface area contributed by atoms with Crippen molar-refractivity contribution >= 4 is 29.7 Å². The fourth-order valence-electron chi connectivity index (χ4n) is 2.68. The van der Waals surface area contributed by atoms with Crippen molar-refractivity contribution < 1.29 is 9.32 Å². The third-order valence-electron chi connectivity index (χ3n) is 4.10. The Morgan fingerprint density at radius 2 is 2.04 bits per heavy atom. The van der Waals surface area contributed by atoms with Crippen LogP contribution in [-0.4, -0.2) is 58.1 Å². The van der Waals surface area contributed by atoms with Gasteiger partial charge in [0.15, 0.2) is 0 Å². The van der Waals surface area contributed by atoms with Crippen LogP contribution in [-0.2, 0) is 4.79 Å². The molecule has 2 aromatic heterocycles. The molecule has 1 saturated heterocycles. The molecule has 9 heteroatoms. The second-order valence-electron chi connectivity index (χ2n) is 5.76. The number of halogens is 1. The van der Waals surface area contributed by atoms with E-state index in [-0.39, 0.29) is 24.4 Å². The highest BCUT2D eigenvalue weighted by molar-refractivity contribution is 7.13. The van der Waals surface area contributed by atoms with Crippen LogP contribution >= 0.6 is 23.7 Å². The lowest BCUT2D eigenvalue weighted by molar-refractivity contribution is -0.134. The van der Waals surface area contributed by atoms with Crippen molar-refractivity contribution in [2.45, 2.75) is 25.9 Å². The smallest absolute Gasteiger partial charge is 0.244 e. The SMILES string of the molecule is CC(N)C(=O)N1CCN(C(C)c2nc(-c3cccs3)no2)CC1.Cl. The van der Waals surface area contributed by atoms with Crippen molar-refractivity contribution in [3.8, 4) is 10.7 Å². The molecule has 1 amide bonds. The summed E-state index contributed by atoms with van der Waals surface area (Å²) in [6, 6.07) is 3.53. The van der Waals surface area contributed by atoms with Crippen LogP contribution in [0.4, 0.5) is 0 Å². The average Bonchev–Trinajstić information content (AvgIpc) is 3.24. The molecule has 0 spiro atoms. The summed E-state index contributed by atoms with van der Waals surface area (Å²) in [6.07, 6.45) is 0. The summed E-state index contributed by atoms with van der Waals surface area (Å²) in [6.45, 7) is 6.68. The zero-order valence-corrected chi connectivity index (χ0v) is 15.3. The first-order valence-electron chi connectivity index (χ1n) is 7.72. The molecule has 3 rings (SSSR count). The van der Waals surface area contributed by atoms with Gasteiger partial charge in [-0.3, -0.25) is 9.69 Å². The molecule has 2 N–H and O–H groups in total. The first-order valence-corrected chi connectivity index (χ1v) is 8.60. The number of hydrogen-bond acceptors (Lipinski definition) is 7. The summed E-state index contributed by atoms with van der Waals surface area (Å²) in [5.74, 6) is 1.25. The van der Waals surface area contributed by atoms with E-state index in [0.29, 0.717) is 24.8 Å². The van der Waals surface area contributed by atoms with E-state index in [1.165, 1.54) is 0 Å². The zero-order valence-electron chi connectivity index (χ0n) is 13.7. The van der Waals surface area contributed by atoms with Crippen LogP contribution in [0.25, 0.3) is 10.7 Å². The lowest BCUT2D eigenvalue weighted by atomic mass is 10.2. The second kappa shape index (κ2) is 8.06. The van der Waals surface area contributed by atoms with E-state index in [1.54, 1.807) is 18.3 Å². The molecule has 0 radical (unpaired) electrons. The Morgan fingerprint density at radius 1 is 1.33 bits per heavy atom. The Labute approximate surface area is 151 Å². The minimum atomic E-state index is -0.441. The second-order valence-corrected chi connectivity index (χ2v) is 6.71. The lowest BCUT2D eigenvalue weighted by Gasteiger charge is -2.37. The maximum atomic E-state index is 11.9. The molecule has 1 aliphatic heterocycles.